The van der Waals surface area contributed by atoms with E-state index in [0.717, 1.165) is 49.8 Å². The van der Waals surface area contributed by atoms with Crippen molar-refractivity contribution in [2.45, 2.75) is 45.8 Å². The van der Waals surface area contributed by atoms with Crippen molar-refractivity contribution in [2.75, 3.05) is 26.9 Å². The Morgan fingerprint density at radius 1 is 1.30 bits per heavy atom. The molecule has 1 saturated heterocycles. The molecule has 2 heterocycles. The van der Waals surface area contributed by atoms with Crippen LogP contribution in [0.15, 0.2) is 0 Å². The molecule has 1 aromatic rings. The molecule has 112 valence electrons. The predicted octanol–water partition coefficient (Wildman–Crippen LogP) is 1.86. The summed E-state index contributed by atoms with van der Waals surface area (Å²) in [6.45, 7) is 9.30. The molecular weight excluding hydrogens is 254 g/mol. The number of nitrogens with one attached hydrogen (secondary N) is 1. The molecule has 1 aliphatic heterocycles. The van der Waals surface area contributed by atoms with Crippen LogP contribution < -0.4 is 5.32 Å². The molecule has 0 amide bonds. The van der Waals surface area contributed by atoms with Crippen LogP contribution >= 0.6 is 0 Å². The first-order valence-corrected chi connectivity index (χ1v) is 7.25. The zero-order valence-electron chi connectivity index (χ0n) is 13.0. The van der Waals surface area contributed by atoms with Crippen LogP contribution in [0.1, 0.15) is 42.5 Å². The molecule has 5 heteroatoms. The summed E-state index contributed by atoms with van der Waals surface area (Å²) in [4.78, 5) is 9.36. The second-order valence-corrected chi connectivity index (χ2v) is 5.55. The fourth-order valence-electron chi connectivity index (χ4n) is 2.57. The van der Waals surface area contributed by atoms with Gasteiger partial charge in [0.1, 0.15) is 5.60 Å². The van der Waals surface area contributed by atoms with Crippen molar-refractivity contribution in [1.82, 2.24) is 15.3 Å². The fourth-order valence-corrected chi connectivity index (χ4v) is 2.57. The highest BCUT2D eigenvalue weighted by Crippen LogP contribution is 2.33. The topological polar surface area (TPSA) is 56.3 Å². The molecule has 1 N–H and O–H groups in total. The SMILES string of the molecule is COCCNCc1c(C)nc(C2(C)CCCO2)nc1C. The van der Waals surface area contributed by atoms with E-state index in [-0.39, 0.29) is 5.60 Å². The van der Waals surface area contributed by atoms with Gasteiger partial charge in [-0.2, -0.15) is 0 Å². The molecule has 1 unspecified atom stereocenters. The summed E-state index contributed by atoms with van der Waals surface area (Å²) in [7, 11) is 1.71. The first kappa shape index (κ1) is 15.4. The number of ether oxygens (including phenoxy) is 2. The maximum atomic E-state index is 5.83. The zero-order valence-corrected chi connectivity index (χ0v) is 13.0. The highest BCUT2D eigenvalue weighted by Gasteiger charge is 2.35. The first-order chi connectivity index (χ1) is 9.57. The molecule has 0 saturated carbocycles. The van der Waals surface area contributed by atoms with Gasteiger partial charge in [0, 0.05) is 43.8 Å². The number of hydrogen-bond acceptors (Lipinski definition) is 5. The van der Waals surface area contributed by atoms with E-state index in [1.165, 1.54) is 5.56 Å². The van der Waals surface area contributed by atoms with Crippen LogP contribution in [0.5, 0.6) is 0 Å². The molecule has 1 aromatic heterocycles. The van der Waals surface area contributed by atoms with E-state index >= 15 is 0 Å². The quantitative estimate of drug-likeness (QED) is 0.805. The Balaban J connectivity index is 2.12. The Bertz CT molecular complexity index is 433. The van der Waals surface area contributed by atoms with E-state index in [1.807, 2.05) is 13.8 Å². The normalized spacial score (nSPS) is 22.4. The van der Waals surface area contributed by atoms with Crippen LogP contribution in [0, 0.1) is 13.8 Å². The van der Waals surface area contributed by atoms with E-state index < -0.39 is 0 Å². The molecule has 0 aromatic carbocycles. The van der Waals surface area contributed by atoms with Gasteiger partial charge < -0.3 is 14.8 Å². The van der Waals surface area contributed by atoms with Gasteiger partial charge in [-0.05, 0) is 33.6 Å². The molecule has 1 atom stereocenters. The van der Waals surface area contributed by atoms with Crippen LogP contribution in [0.2, 0.25) is 0 Å². The van der Waals surface area contributed by atoms with Gasteiger partial charge in [0.15, 0.2) is 5.82 Å². The highest BCUT2D eigenvalue weighted by molar-refractivity contribution is 5.25. The lowest BCUT2D eigenvalue weighted by Gasteiger charge is -2.23. The smallest absolute Gasteiger partial charge is 0.160 e. The average Bonchev–Trinajstić information content (AvgIpc) is 2.85. The summed E-state index contributed by atoms with van der Waals surface area (Å²) in [5.41, 5.74) is 2.94. The van der Waals surface area contributed by atoms with E-state index in [0.29, 0.717) is 6.61 Å². The molecule has 1 aliphatic rings. The third kappa shape index (κ3) is 3.34. The minimum absolute atomic E-state index is 0.308. The van der Waals surface area contributed by atoms with Crippen LogP contribution in [0.4, 0.5) is 0 Å². The number of hydrogen-bond donors (Lipinski definition) is 1. The first-order valence-electron chi connectivity index (χ1n) is 7.25. The van der Waals surface area contributed by atoms with Crippen LogP contribution in [0.3, 0.4) is 0 Å². The summed E-state index contributed by atoms with van der Waals surface area (Å²) in [5.74, 6) is 0.825. The Morgan fingerprint density at radius 2 is 2.00 bits per heavy atom. The second-order valence-electron chi connectivity index (χ2n) is 5.55. The van der Waals surface area contributed by atoms with Crippen molar-refractivity contribution in [3.63, 3.8) is 0 Å². The van der Waals surface area contributed by atoms with Crippen LogP contribution in [0.25, 0.3) is 0 Å². The summed E-state index contributed by atoms with van der Waals surface area (Å²) in [5, 5.41) is 3.35. The number of methoxy groups -OCH3 is 1. The largest absolute Gasteiger partial charge is 0.383 e. The van der Waals surface area contributed by atoms with Gasteiger partial charge in [-0.25, -0.2) is 9.97 Å². The number of aromatic nitrogens is 2. The molecule has 1 fully saturated rings. The van der Waals surface area contributed by atoms with E-state index in [2.05, 4.69) is 22.2 Å². The Kier molecular flexibility index (Phi) is 5.07. The fraction of sp³-hybridized carbons (Fsp3) is 0.733. The summed E-state index contributed by atoms with van der Waals surface area (Å²) >= 11 is 0. The zero-order chi connectivity index (χ0) is 14.6. The molecule has 0 spiro atoms. The third-order valence-corrected chi connectivity index (χ3v) is 3.90. The maximum Gasteiger partial charge on any atom is 0.160 e. The maximum absolute atomic E-state index is 5.83. The van der Waals surface area contributed by atoms with Crippen molar-refractivity contribution in [2.24, 2.45) is 0 Å². The van der Waals surface area contributed by atoms with Gasteiger partial charge in [-0.15, -0.1) is 0 Å². The standard InChI is InChI=1S/C15H25N3O2/c1-11-13(10-16-7-9-19-4)12(2)18-14(17-11)15(3)6-5-8-20-15/h16H,5-10H2,1-4H3. The van der Waals surface area contributed by atoms with E-state index in [9.17, 15) is 0 Å². The van der Waals surface area contributed by atoms with Gasteiger partial charge in [0.25, 0.3) is 0 Å². The van der Waals surface area contributed by atoms with Crippen LogP contribution in [-0.4, -0.2) is 36.8 Å². The summed E-state index contributed by atoms with van der Waals surface area (Å²) < 4.78 is 10.9. The number of nitrogens with zero attached hydrogens (tertiary/aromatic N) is 2. The summed E-state index contributed by atoms with van der Waals surface area (Å²) in [6, 6.07) is 0. The third-order valence-electron chi connectivity index (χ3n) is 3.90. The lowest BCUT2D eigenvalue weighted by molar-refractivity contribution is 0.00901. The Morgan fingerprint density at radius 3 is 2.55 bits per heavy atom. The summed E-state index contributed by atoms with van der Waals surface area (Å²) in [6.07, 6.45) is 2.08. The van der Waals surface area contributed by atoms with Gasteiger partial charge in [0.2, 0.25) is 0 Å². The molecule has 20 heavy (non-hydrogen) atoms. The predicted molar refractivity (Wildman–Crippen MR) is 77.6 cm³/mol. The van der Waals surface area contributed by atoms with E-state index in [1.54, 1.807) is 7.11 Å². The molecule has 5 nitrogen and oxygen atoms in total. The highest BCUT2D eigenvalue weighted by atomic mass is 16.5. The lowest BCUT2D eigenvalue weighted by atomic mass is 10.0. The van der Waals surface area contributed by atoms with Gasteiger partial charge in [-0.1, -0.05) is 0 Å². The molecule has 0 radical (unpaired) electrons. The van der Waals surface area contributed by atoms with Crippen molar-refractivity contribution < 1.29 is 9.47 Å². The Hall–Kier alpha value is -1.04. The van der Waals surface area contributed by atoms with Crippen molar-refractivity contribution in [3.8, 4) is 0 Å². The molecular formula is C15H25N3O2. The van der Waals surface area contributed by atoms with Gasteiger partial charge >= 0.3 is 0 Å². The lowest BCUT2D eigenvalue weighted by Crippen LogP contribution is -2.26. The minimum atomic E-state index is -0.308. The van der Waals surface area contributed by atoms with Crippen molar-refractivity contribution in [1.29, 1.82) is 0 Å². The van der Waals surface area contributed by atoms with Crippen LogP contribution in [-0.2, 0) is 21.6 Å². The van der Waals surface area contributed by atoms with Gasteiger partial charge in [0.05, 0.1) is 6.61 Å². The molecule has 0 aliphatic carbocycles. The van der Waals surface area contributed by atoms with Crippen molar-refractivity contribution in [3.05, 3.63) is 22.8 Å². The minimum Gasteiger partial charge on any atom is -0.383 e. The van der Waals surface area contributed by atoms with Crippen molar-refractivity contribution >= 4 is 0 Å². The molecule has 2 rings (SSSR count). The average molecular weight is 279 g/mol. The van der Waals surface area contributed by atoms with E-state index in [4.69, 9.17) is 9.47 Å². The number of aryl methyl sites for hydroxylation is 2. The van der Waals surface area contributed by atoms with Gasteiger partial charge in [-0.3, -0.25) is 0 Å². The monoisotopic (exact) mass is 279 g/mol. The Labute approximate surface area is 121 Å². The second kappa shape index (κ2) is 6.61. The number of rotatable bonds is 6. The molecule has 0 bridgehead atoms.